The zero-order chi connectivity index (χ0) is 22.3. The number of nitrogens with zero attached hydrogens (tertiary/aromatic N) is 3. The van der Waals surface area contributed by atoms with Crippen LogP contribution in [0, 0.1) is 0 Å². The number of anilines is 1. The molecule has 0 saturated carbocycles. The first kappa shape index (κ1) is 20.4. The Hall–Kier alpha value is -3.55. The fourth-order valence-electron chi connectivity index (χ4n) is 4.12. The summed E-state index contributed by atoms with van der Waals surface area (Å²) in [6.07, 6.45) is -1.62. The van der Waals surface area contributed by atoms with E-state index in [9.17, 15) is 13.2 Å². The predicted octanol–water partition coefficient (Wildman–Crippen LogP) is 5.52. The molecule has 8 heteroatoms. The van der Waals surface area contributed by atoms with Crippen LogP contribution in [0.5, 0.6) is 5.75 Å². The van der Waals surface area contributed by atoms with Crippen LogP contribution in [-0.4, -0.2) is 21.7 Å². The summed E-state index contributed by atoms with van der Waals surface area (Å²) in [5, 5.41) is 8.09. The number of fused-ring (bicyclic) bond motifs is 2. The Morgan fingerprint density at radius 2 is 1.88 bits per heavy atom. The van der Waals surface area contributed by atoms with Gasteiger partial charge in [-0.2, -0.15) is 22.8 Å². The Kier molecular flexibility index (Phi) is 5.00. The zero-order valence-electron chi connectivity index (χ0n) is 17.4. The second-order valence-corrected chi connectivity index (χ2v) is 7.82. The molecular formula is C24H21F3N4O. The SMILES string of the molecule is COc1ccc(-c2cc3nc4c(c(NCc5cccc(C(F)(F)F)c5)n3n2)CCC4)cc1. The molecule has 0 aliphatic heterocycles. The maximum Gasteiger partial charge on any atom is 0.416 e. The maximum absolute atomic E-state index is 13.1. The number of aromatic nitrogens is 3. The maximum atomic E-state index is 13.1. The van der Waals surface area contributed by atoms with Crippen molar-refractivity contribution in [2.24, 2.45) is 0 Å². The van der Waals surface area contributed by atoms with Crippen molar-refractivity contribution in [1.29, 1.82) is 0 Å². The van der Waals surface area contributed by atoms with Crippen LogP contribution in [0.3, 0.4) is 0 Å². The number of methoxy groups -OCH3 is 1. The molecule has 5 rings (SSSR count). The molecule has 0 radical (unpaired) electrons. The normalized spacial score (nSPS) is 13.4. The van der Waals surface area contributed by atoms with Crippen molar-refractivity contribution in [3.8, 4) is 17.0 Å². The topological polar surface area (TPSA) is 51.5 Å². The van der Waals surface area contributed by atoms with Crippen LogP contribution in [0.1, 0.15) is 28.8 Å². The van der Waals surface area contributed by atoms with Crippen LogP contribution in [0.2, 0.25) is 0 Å². The first-order chi connectivity index (χ1) is 15.4. The van der Waals surface area contributed by atoms with E-state index in [1.165, 1.54) is 12.1 Å². The van der Waals surface area contributed by atoms with Gasteiger partial charge in [0.1, 0.15) is 11.6 Å². The van der Waals surface area contributed by atoms with Gasteiger partial charge in [0.05, 0.1) is 18.4 Å². The van der Waals surface area contributed by atoms with Crippen molar-refractivity contribution >= 4 is 11.5 Å². The lowest BCUT2D eigenvalue weighted by Crippen LogP contribution is -2.11. The lowest BCUT2D eigenvalue weighted by atomic mass is 10.1. The Morgan fingerprint density at radius 1 is 1.06 bits per heavy atom. The highest BCUT2D eigenvalue weighted by Crippen LogP contribution is 2.32. The second kappa shape index (κ2) is 7.85. The number of benzene rings is 2. The lowest BCUT2D eigenvalue weighted by Gasteiger charge is -2.14. The molecule has 32 heavy (non-hydrogen) atoms. The quantitative estimate of drug-likeness (QED) is 0.446. The number of ether oxygens (including phenoxy) is 1. The van der Waals surface area contributed by atoms with Gasteiger partial charge in [0.15, 0.2) is 5.65 Å². The molecule has 2 aromatic heterocycles. The van der Waals surface area contributed by atoms with E-state index in [2.05, 4.69) is 5.32 Å². The van der Waals surface area contributed by atoms with Gasteiger partial charge in [-0.3, -0.25) is 0 Å². The van der Waals surface area contributed by atoms with Crippen LogP contribution < -0.4 is 10.1 Å². The smallest absolute Gasteiger partial charge is 0.416 e. The van der Waals surface area contributed by atoms with Gasteiger partial charge in [-0.1, -0.05) is 12.1 Å². The lowest BCUT2D eigenvalue weighted by molar-refractivity contribution is -0.137. The van der Waals surface area contributed by atoms with E-state index in [0.717, 1.165) is 59.4 Å². The number of nitrogens with one attached hydrogen (secondary N) is 1. The Labute approximate surface area is 182 Å². The van der Waals surface area contributed by atoms with E-state index in [-0.39, 0.29) is 6.54 Å². The van der Waals surface area contributed by atoms with E-state index in [1.54, 1.807) is 17.7 Å². The highest BCUT2D eigenvalue weighted by atomic mass is 19.4. The fraction of sp³-hybridized carbons (Fsp3) is 0.250. The van der Waals surface area contributed by atoms with E-state index in [4.69, 9.17) is 14.8 Å². The van der Waals surface area contributed by atoms with Crippen molar-refractivity contribution in [1.82, 2.24) is 14.6 Å². The van der Waals surface area contributed by atoms with Crippen molar-refractivity contribution in [3.63, 3.8) is 0 Å². The summed E-state index contributed by atoms with van der Waals surface area (Å²) in [6, 6.07) is 14.9. The minimum Gasteiger partial charge on any atom is -0.497 e. The van der Waals surface area contributed by atoms with Gasteiger partial charge in [0, 0.05) is 29.4 Å². The van der Waals surface area contributed by atoms with Crippen LogP contribution in [0.4, 0.5) is 19.0 Å². The monoisotopic (exact) mass is 438 g/mol. The Morgan fingerprint density at radius 3 is 2.62 bits per heavy atom. The van der Waals surface area contributed by atoms with E-state index in [0.29, 0.717) is 11.2 Å². The summed E-state index contributed by atoms with van der Waals surface area (Å²) in [6.45, 7) is 0.257. The Bertz CT molecular complexity index is 1280. The first-order valence-electron chi connectivity index (χ1n) is 10.4. The predicted molar refractivity (Wildman–Crippen MR) is 116 cm³/mol. The molecule has 1 N–H and O–H groups in total. The van der Waals surface area contributed by atoms with Gasteiger partial charge in [-0.05, 0) is 61.2 Å². The molecule has 1 aliphatic rings. The van der Waals surface area contributed by atoms with Crippen molar-refractivity contribution in [2.75, 3.05) is 12.4 Å². The molecule has 2 heterocycles. The number of hydrogen-bond donors (Lipinski definition) is 1. The zero-order valence-corrected chi connectivity index (χ0v) is 17.4. The van der Waals surface area contributed by atoms with E-state index >= 15 is 0 Å². The third-order valence-corrected chi connectivity index (χ3v) is 5.73. The summed E-state index contributed by atoms with van der Waals surface area (Å²) < 4.78 is 46.2. The number of rotatable bonds is 5. The first-order valence-corrected chi connectivity index (χ1v) is 10.4. The van der Waals surface area contributed by atoms with Gasteiger partial charge < -0.3 is 10.1 Å². The van der Waals surface area contributed by atoms with Gasteiger partial charge >= 0.3 is 6.18 Å². The molecule has 0 spiro atoms. The van der Waals surface area contributed by atoms with Gasteiger partial charge in [0.2, 0.25) is 0 Å². The highest BCUT2D eigenvalue weighted by molar-refractivity contribution is 5.67. The number of aryl methyl sites for hydroxylation is 1. The highest BCUT2D eigenvalue weighted by Gasteiger charge is 2.30. The average molecular weight is 438 g/mol. The molecule has 0 unspecified atom stereocenters. The van der Waals surface area contributed by atoms with Crippen molar-refractivity contribution in [2.45, 2.75) is 32.0 Å². The minimum atomic E-state index is -4.36. The molecule has 0 atom stereocenters. The molecule has 4 aromatic rings. The summed E-state index contributed by atoms with van der Waals surface area (Å²) in [5.41, 5.74) is 4.41. The van der Waals surface area contributed by atoms with Crippen LogP contribution in [0.15, 0.2) is 54.6 Å². The minimum absolute atomic E-state index is 0.257. The number of hydrogen-bond acceptors (Lipinski definition) is 4. The van der Waals surface area contributed by atoms with Crippen molar-refractivity contribution < 1.29 is 17.9 Å². The largest absolute Gasteiger partial charge is 0.497 e. The second-order valence-electron chi connectivity index (χ2n) is 7.82. The molecule has 2 aromatic carbocycles. The summed E-state index contributed by atoms with van der Waals surface area (Å²) in [4.78, 5) is 4.78. The fourth-order valence-corrected chi connectivity index (χ4v) is 4.12. The molecule has 164 valence electrons. The van der Waals surface area contributed by atoms with E-state index in [1.807, 2.05) is 30.3 Å². The molecule has 0 bridgehead atoms. The third kappa shape index (κ3) is 3.77. The van der Waals surface area contributed by atoms with Crippen molar-refractivity contribution in [3.05, 3.63) is 77.0 Å². The summed E-state index contributed by atoms with van der Waals surface area (Å²) >= 11 is 0. The number of halogens is 3. The average Bonchev–Trinajstić information content (AvgIpc) is 3.43. The third-order valence-electron chi connectivity index (χ3n) is 5.73. The molecule has 0 saturated heterocycles. The van der Waals surface area contributed by atoms with Gasteiger partial charge in [0.25, 0.3) is 0 Å². The molecule has 0 fully saturated rings. The molecule has 5 nitrogen and oxygen atoms in total. The van der Waals surface area contributed by atoms with Crippen LogP contribution in [0.25, 0.3) is 16.9 Å². The Balaban J connectivity index is 1.51. The van der Waals surface area contributed by atoms with Gasteiger partial charge in [-0.25, -0.2) is 4.98 Å². The number of alkyl halides is 3. The summed E-state index contributed by atoms with van der Waals surface area (Å²) in [5.74, 6) is 1.55. The van der Waals surface area contributed by atoms with Crippen LogP contribution in [-0.2, 0) is 25.6 Å². The van der Waals surface area contributed by atoms with Gasteiger partial charge in [-0.15, -0.1) is 0 Å². The molecule has 1 aliphatic carbocycles. The summed E-state index contributed by atoms with van der Waals surface area (Å²) in [7, 11) is 1.62. The molecule has 0 amide bonds. The standard InChI is InChI=1S/C24H21F3N4O/c1-32-18-10-8-16(9-11-18)21-13-22-29-20-7-3-6-19(20)23(31(22)30-21)28-14-15-4-2-5-17(12-15)24(25,26)27/h2,4-5,8-13,28H,3,6-7,14H2,1H3. The van der Waals surface area contributed by atoms with E-state index < -0.39 is 11.7 Å². The van der Waals surface area contributed by atoms with Crippen LogP contribution >= 0.6 is 0 Å². The molecular weight excluding hydrogens is 417 g/mol.